The lowest BCUT2D eigenvalue weighted by atomic mass is 9.99. The van der Waals surface area contributed by atoms with Crippen molar-refractivity contribution in [2.24, 2.45) is 5.92 Å². The molecule has 0 unspecified atom stereocenters. The van der Waals surface area contributed by atoms with E-state index in [9.17, 15) is 9.50 Å². The van der Waals surface area contributed by atoms with Crippen LogP contribution in [0.4, 0.5) is 4.39 Å². The van der Waals surface area contributed by atoms with Gasteiger partial charge in [0.1, 0.15) is 11.6 Å². The summed E-state index contributed by atoms with van der Waals surface area (Å²) in [6.45, 7) is 7.68. The third-order valence-electron chi connectivity index (χ3n) is 5.37. The zero-order chi connectivity index (χ0) is 21.1. The second-order valence-corrected chi connectivity index (χ2v) is 7.83. The van der Waals surface area contributed by atoms with Gasteiger partial charge in [-0.2, -0.15) is 0 Å². The largest absolute Gasteiger partial charge is 0.493 e. The predicted octanol–water partition coefficient (Wildman–Crippen LogP) is 6.20. The minimum atomic E-state index is -0.865. The average Bonchev–Trinajstić information content (AvgIpc) is 2.73. The van der Waals surface area contributed by atoms with Gasteiger partial charge in [0.2, 0.25) is 0 Å². The van der Waals surface area contributed by atoms with E-state index < -0.39 is 6.10 Å². The van der Waals surface area contributed by atoms with Crippen molar-refractivity contribution >= 4 is 0 Å². The molecule has 2 rings (SSSR count). The van der Waals surface area contributed by atoms with Gasteiger partial charge >= 0.3 is 0 Å². The highest BCUT2D eigenvalue weighted by Crippen LogP contribution is 2.26. The molecule has 0 bridgehead atoms. The van der Waals surface area contributed by atoms with Crippen LogP contribution in [0.25, 0.3) is 0 Å². The molecule has 2 aromatic carbocycles. The Labute approximate surface area is 175 Å². The molecule has 0 fully saturated rings. The van der Waals surface area contributed by atoms with Crippen LogP contribution in [0.2, 0.25) is 0 Å². The van der Waals surface area contributed by atoms with Crippen molar-refractivity contribution in [1.82, 2.24) is 5.32 Å². The van der Waals surface area contributed by atoms with Gasteiger partial charge in [0.15, 0.2) is 0 Å². The number of benzene rings is 2. The maximum atomic E-state index is 14.3. The second-order valence-electron chi connectivity index (χ2n) is 7.83. The van der Waals surface area contributed by atoms with Crippen LogP contribution in [0.15, 0.2) is 48.5 Å². The Balaban J connectivity index is 1.89. The summed E-state index contributed by atoms with van der Waals surface area (Å²) in [7, 11) is 0. The Bertz CT molecular complexity index is 701. The van der Waals surface area contributed by atoms with E-state index in [1.165, 1.54) is 11.6 Å². The van der Waals surface area contributed by atoms with E-state index in [1.54, 1.807) is 12.1 Å². The zero-order valence-electron chi connectivity index (χ0n) is 18.0. The molecule has 0 spiro atoms. The molecule has 4 heteroatoms. The molecule has 0 aliphatic carbocycles. The first-order valence-electron chi connectivity index (χ1n) is 10.9. The number of hydrogen-bond acceptors (Lipinski definition) is 3. The van der Waals surface area contributed by atoms with Gasteiger partial charge in [-0.1, -0.05) is 57.0 Å². The third kappa shape index (κ3) is 7.79. The van der Waals surface area contributed by atoms with Crippen LogP contribution in [-0.4, -0.2) is 18.3 Å². The molecule has 0 saturated heterocycles. The summed E-state index contributed by atoms with van der Waals surface area (Å²) in [5.74, 6) is 0.759. The van der Waals surface area contributed by atoms with E-state index in [1.807, 2.05) is 18.2 Å². The highest BCUT2D eigenvalue weighted by Gasteiger charge is 2.16. The van der Waals surface area contributed by atoms with Crippen LogP contribution < -0.4 is 10.1 Å². The Morgan fingerprint density at radius 2 is 1.69 bits per heavy atom. The fourth-order valence-electron chi connectivity index (χ4n) is 3.66. The fraction of sp³-hybridized carbons (Fsp3) is 0.520. The lowest BCUT2D eigenvalue weighted by molar-refractivity contribution is 0.160. The summed E-state index contributed by atoms with van der Waals surface area (Å²) in [6.07, 6.45) is 4.11. The molecule has 0 aliphatic rings. The predicted molar refractivity (Wildman–Crippen MR) is 118 cm³/mol. The Kier molecular flexibility index (Phi) is 10.2. The number of aliphatic hydroxyl groups excluding tert-OH is 1. The monoisotopic (exact) mass is 401 g/mol. The number of rotatable bonds is 13. The first kappa shape index (κ1) is 23.4. The molecular formula is C25H36FNO2. The number of nitrogens with one attached hydrogen (secondary N) is 1. The summed E-state index contributed by atoms with van der Waals surface area (Å²) in [6, 6.07) is 15.0. The summed E-state index contributed by atoms with van der Waals surface area (Å²) in [5.41, 5.74) is 1.50. The molecule has 29 heavy (non-hydrogen) atoms. The molecule has 2 N–H and O–H groups in total. The van der Waals surface area contributed by atoms with E-state index in [4.69, 9.17) is 4.74 Å². The molecule has 0 saturated carbocycles. The van der Waals surface area contributed by atoms with Crippen molar-refractivity contribution in [3.63, 3.8) is 0 Å². The van der Waals surface area contributed by atoms with Gasteiger partial charge in [-0.3, -0.25) is 0 Å². The Hall–Kier alpha value is -1.91. The third-order valence-corrected chi connectivity index (χ3v) is 5.37. The smallest absolute Gasteiger partial charge is 0.129 e. The van der Waals surface area contributed by atoms with Crippen molar-refractivity contribution in [2.45, 2.75) is 65.0 Å². The van der Waals surface area contributed by atoms with Gasteiger partial charge in [0.25, 0.3) is 0 Å². The van der Waals surface area contributed by atoms with E-state index in [0.717, 1.165) is 25.7 Å². The summed E-state index contributed by atoms with van der Waals surface area (Å²) in [4.78, 5) is 0. The molecule has 0 aliphatic heterocycles. The van der Waals surface area contributed by atoms with Crippen molar-refractivity contribution in [1.29, 1.82) is 0 Å². The van der Waals surface area contributed by atoms with E-state index >= 15 is 0 Å². The van der Waals surface area contributed by atoms with Gasteiger partial charge in [-0.25, -0.2) is 4.39 Å². The molecular weight excluding hydrogens is 365 g/mol. The van der Waals surface area contributed by atoms with E-state index in [-0.39, 0.29) is 11.9 Å². The van der Waals surface area contributed by atoms with Crippen LogP contribution in [0, 0.1) is 11.7 Å². The van der Waals surface area contributed by atoms with E-state index in [2.05, 4.69) is 38.2 Å². The highest BCUT2D eigenvalue weighted by molar-refractivity contribution is 5.31. The van der Waals surface area contributed by atoms with Crippen LogP contribution in [0.3, 0.4) is 0 Å². The molecule has 160 valence electrons. The average molecular weight is 402 g/mol. The normalized spacial score (nSPS) is 13.4. The topological polar surface area (TPSA) is 41.5 Å². The summed E-state index contributed by atoms with van der Waals surface area (Å²) >= 11 is 0. The highest BCUT2D eigenvalue weighted by atomic mass is 19.1. The van der Waals surface area contributed by atoms with Gasteiger partial charge < -0.3 is 15.2 Å². The Morgan fingerprint density at radius 3 is 2.34 bits per heavy atom. The van der Waals surface area contributed by atoms with Crippen LogP contribution >= 0.6 is 0 Å². The second kappa shape index (κ2) is 12.6. The minimum Gasteiger partial charge on any atom is -0.493 e. The van der Waals surface area contributed by atoms with E-state index in [0.29, 0.717) is 36.8 Å². The number of aliphatic hydroxyl groups is 1. The van der Waals surface area contributed by atoms with Crippen molar-refractivity contribution in [3.8, 4) is 5.75 Å². The molecule has 0 aromatic heterocycles. The SMILES string of the molecule is CCCC(CCC)COc1ccc(F)c([C@H](O)CCN[C@@H](C)c2ccccc2)c1. The van der Waals surface area contributed by atoms with Crippen molar-refractivity contribution < 1.29 is 14.2 Å². The lowest BCUT2D eigenvalue weighted by Gasteiger charge is -2.19. The molecule has 2 aromatic rings. The fourth-order valence-corrected chi connectivity index (χ4v) is 3.66. The molecule has 0 heterocycles. The van der Waals surface area contributed by atoms with Crippen LogP contribution in [-0.2, 0) is 0 Å². The van der Waals surface area contributed by atoms with Crippen LogP contribution in [0.5, 0.6) is 5.75 Å². The first-order chi connectivity index (χ1) is 14.0. The van der Waals surface area contributed by atoms with Gasteiger partial charge in [-0.15, -0.1) is 0 Å². The van der Waals surface area contributed by atoms with Crippen molar-refractivity contribution in [2.75, 3.05) is 13.2 Å². The van der Waals surface area contributed by atoms with Gasteiger partial charge in [0.05, 0.1) is 12.7 Å². The first-order valence-corrected chi connectivity index (χ1v) is 10.9. The Morgan fingerprint density at radius 1 is 1.00 bits per heavy atom. The number of hydrogen-bond donors (Lipinski definition) is 2. The summed E-state index contributed by atoms with van der Waals surface area (Å²) < 4.78 is 20.2. The number of ether oxygens (including phenoxy) is 1. The van der Waals surface area contributed by atoms with Gasteiger partial charge in [-0.05, 0) is 62.4 Å². The minimum absolute atomic E-state index is 0.178. The molecule has 2 atom stereocenters. The molecule has 3 nitrogen and oxygen atoms in total. The number of halogens is 1. The standard InChI is InChI=1S/C25H36FNO2/c1-4-9-20(10-5-2)18-29-22-13-14-24(26)23(17-22)25(28)15-16-27-19(3)21-11-7-6-8-12-21/h6-8,11-14,17,19-20,25,27-28H,4-5,9-10,15-16,18H2,1-3H3/t19-,25+/m0/s1. The molecule has 0 amide bonds. The zero-order valence-corrected chi connectivity index (χ0v) is 18.0. The summed E-state index contributed by atoms with van der Waals surface area (Å²) in [5, 5.41) is 13.9. The molecule has 0 radical (unpaired) electrons. The quantitative estimate of drug-likeness (QED) is 0.420. The van der Waals surface area contributed by atoms with Crippen molar-refractivity contribution in [3.05, 3.63) is 65.5 Å². The van der Waals surface area contributed by atoms with Crippen LogP contribution in [0.1, 0.15) is 76.1 Å². The maximum Gasteiger partial charge on any atom is 0.129 e. The lowest BCUT2D eigenvalue weighted by Crippen LogP contribution is -2.21. The maximum absolute atomic E-state index is 14.3. The van der Waals surface area contributed by atoms with Gasteiger partial charge in [0, 0.05) is 11.6 Å².